The van der Waals surface area contributed by atoms with Gasteiger partial charge in [-0.1, -0.05) is 34.3 Å². The molecule has 8 nitrogen and oxygen atoms in total. The lowest BCUT2D eigenvalue weighted by molar-refractivity contribution is -0.169. The topological polar surface area (TPSA) is 108 Å². The quantitative estimate of drug-likeness (QED) is 0.321. The first-order valence-corrected chi connectivity index (χ1v) is 12.1. The number of carbonyl (C=O) groups excluding carboxylic acids is 1. The molecule has 2 aliphatic rings. The molecule has 4 heterocycles. The highest BCUT2D eigenvalue weighted by molar-refractivity contribution is 9.10. The van der Waals surface area contributed by atoms with Crippen molar-refractivity contribution in [1.29, 1.82) is 0 Å². The maximum Gasteiger partial charge on any atom is 0.696 e. The van der Waals surface area contributed by atoms with Crippen LogP contribution in [0.4, 0.5) is 0 Å². The van der Waals surface area contributed by atoms with Crippen LogP contribution in [0, 0.1) is 0 Å². The molecule has 0 radical (unpaired) electrons. The van der Waals surface area contributed by atoms with Gasteiger partial charge >= 0.3 is 14.2 Å². The van der Waals surface area contributed by atoms with E-state index in [4.69, 9.17) is 14.2 Å². The van der Waals surface area contributed by atoms with Crippen LogP contribution in [0.3, 0.4) is 0 Å². The molecule has 5 rings (SSSR count). The van der Waals surface area contributed by atoms with Gasteiger partial charge in [-0.15, -0.1) is 4.89 Å². The minimum atomic E-state index is -3.11. The van der Waals surface area contributed by atoms with Crippen molar-refractivity contribution in [2.75, 3.05) is 0 Å². The number of fused-ring (bicyclic) bond motifs is 5. The molecule has 1 aromatic carbocycles. The molecule has 0 saturated carbocycles. The average Bonchev–Trinajstić information content (AvgIpc) is 3.12. The van der Waals surface area contributed by atoms with Gasteiger partial charge in [-0.25, -0.2) is 9.78 Å². The standard InChI is InChI=1S/C22H18BrN2O6P/c1-3-12-13-7-11(23)5-6-17(13)24-19-14(12)9-25-18(19)8-16-15(20(25)26)10-30-21(27)22(16,4-2)31-32(28)29/h5-8H,3-4,9-10H2,1-2H3/p+1/t22-/m0/s1. The summed E-state index contributed by atoms with van der Waals surface area (Å²) in [7, 11) is -3.11. The molecule has 0 aliphatic carbocycles. The number of hydrogen-bond donors (Lipinski definition) is 1. The first kappa shape index (κ1) is 21.4. The smallest absolute Gasteiger partial charge is 0.458 e. The van der Waals surface area contributed by atoms with Gasteiger partial charge in [0.05, 0.1) is 29.0 Å². The van der Waals surface area contributed by atoms with Crippen LogP contribution >= 0.6 is 24.2 Å². The van der Waals surface area contributed by atoms with E-state index in [1.54, 1.807) is 17.6 Å². The number of halogens is 1. The number of aromatic nitrogens is 2. The molecule has 32 heavy (non-hydrogen) atoms. The molecule has 10 heteroatoms. The van der Waals surface area contributed by atoms with Crippen molar-refractivity contribution in [1.82, 2.24) is 9.55 Å². The van der Waals surface area contributed by atoms with Crippen molar-refractivity contribution in [2.45, 2.75) is 45.4 Å². The largest absolute Gasteiger partial charge is 0.696 e. The van der Waals surface area contributed by atoms with E-state index < -0.39 is 19.8 Å². The molecule has 2 aliphatic heterocycles. The minimum absolute atomic E-state index is 0.0373. The Balaban J connectivity index is 1.82. The number of cyclic esters (lactones) is 1. The molecule has 1 unspecified atom stereocenters. The van der Waals surface area contributed by atoms with Crippen LogP contribution in [0.25, 0.3) is 22.3 Å². The first-order valence-electron chi connectivity index (χ1n) is 10.2. The fourth-order valence-corrected chi connectivity index (χ4v) is 5.74. The zero-order valence-corrected chi connectivity index (χ0v) is 19.8. The predicted octanol–water partition coefficient (Wildman–Crippen LogP) is 4.08. The van der Waals surface area contributed by atoms with Crippen LogP contribution in [0.15, 0.2) is 33.5 Å². The number of nitrogens with zero attached hydrogens (tertiary/aromatic N) is 2. The highest BCUT2D eigenvalue weighted by Gasteiger charge is 2.54. The van der Waals surface area contributed by atoms with Crippen molar-refractivity contribution in [2.24, 2.45) is 0 Å². The van der Waals surface area contributed by atoms with E-state index in [0.717, 1.165) is 32.9 Å². The number of pyridine rings is 2. The minimum Gasteiger partial charge on any atom is -0.458 e. The van der Waals surface area contributed by atoms with Crippen molar-refractivity contribution < 1.29 is 23.5 Å². The van der Waals surface area contributed by atoms with Crippen LogP contribution in [-0.4, -0.2) is 20.4 Å². The first-order chi connectivity index (χ1) is 15.3. The number of ether oxygens (including phenoxy) is 1. The van der Waals surface area contributed by atoms with Crippen LogP contribution < -0.4 is 5.56 Å². The Morgan fingerprint density at radius 2 is 2.06 bits per heavy atom. The molecule has 2 aromatic heterocycles. The SMILES string of the molecule is CCc1c2c(nc3ccc(Br)cc13)-c1cc3c(c(=O)n1C2)COC(=O)[C@@]3(CC)O[P+](=O)O. The summed E-state index contributed by atoms with van der Waals surface area (Å²) in [6.45, 7) is 3.86. The van der Waals surface area contributed by atoms with Gasteiger partial charge < -0.3 is 9.30 Å². The van der Waals surface area contributed by atoms with Gasteiger partial charge in [0.15, 0.2) is 0 Å². The van der Waals surface area contributed by atoms with Crippen LogP contribution in [0.1, 0.15) is 42.5 Å². The number of benzene rings is 1. The summed E-state index contributed by atoms with van der Waals surface area (Å²) in [5.41, 5.74) is 2.50. The predicted molar refractivity (Wildman–Crippen MR) is 120 cm³/mol. The van der Waals surface area contributed by atoms with Crippen LogP contribution in [-0.2, 0) is 43.8 Å². The highest BCUT2D eigenvalue weighted by atomic mass is 79.9. The summed E-state index contributed by atoms with van der Waals surface area (Å²) in [5, 5.41) is 1.02. The summed E-state index contributed by atoms with van der Waals surface area (Å²) in [6, 6.07) is 7.56. The second-order valence-electron chi connectivity index (χ2n) is 7.83. The Kier molecular flexibility index (Phi) is 5.05. The third-order valence-electron chi connectivity index (χ3n) is 6.32. The van der Waals surface area contributed by atoms with E-state index in [2.05, 4.69) is 22.9 Å². The number of rotatable bonds is 4. The zero-order chi connectivity index (χ0) is 22.8. The van der Waals surface area contributed by atoms with Gasteiger partial charge in [-0.05, 0) is 42.7 Å². The van der Waals surface area contributed by atoms with Crippen molar-refractivity contribution in [3.05, 3.63) is 61.3 Å². The molecule has 0 saturated heterocycles. The molecule has 2 atom stereocenters. The normalized spacial score (nSPS) is 19.4. The van der Waals surface area contributed by atoms with Crippen molar-refractivity contribution in [3.63, 3.8) is 0 Å². The number of carbonyl (C=O) groups is 1. The molecule has 0 fully saturated rings. The van der Waals surface area contributed by atoms with Crippen LogP contribution in [0.5, 0.6) is 0 Å². The molecule has 164 valence electrons. The monoisotopic (exact) mass is 517 g/mol. The fraction of sp³-hybridized carbons (Fsp3) is 0.318. The maximum absolute atomic E-state index is 13.5. The Morgan fingerprint density at radius 3 is 2.75 bits per heavy atom. The van der Waals surface area contributed by atoms with Crippen molar-refractivity contribution in [3.8, 4) is 11.4 Å². The molecule has 0 bridgehead atoms. The lowest BCUT2D eigenvalue weighted by atomic mass is 9.86. The Labute approximate surface area is 192 Å². The molecular weight excluding hydrogens is 499 g/mol. The van der Waals surface area contributed by atoms with E-state index in [1.165, 1.54) is 0 Å². The van der Waals surface area contributed by atoms with Crippen LogP contribution in [0.2, 0.25) is 0 Å². The van der Waals surface area contributed by atoms with E-state index >= 15 is 0 Å². The van der Waals surface area contributed by atoms with Crippen molar-refractivity contribution >= 4 is 41.1 Å². The second kappa shape index (κ2) is 7.56. The highest BCUT2D eigenvalue weighted by Crippen LogP contribution is 2.45. The summed E-state index contributed by atoms with van der Waals surface area (Å²) in [4.78, 5) is 40.5. The zero-order valence-electron chi connectivity index (χ0n) is 17.3. The summed E-state index contributed by atoms with van der Waals surface area (Å²) < 4.78 is 24.6. The fourth-order valence-electron chi connectivity index (χ4n) is 4.81. The van der Waals surface area contributed by atoms with Gasteiger partial charge in [0.25, 0.3) is 5.56 Å². The Hall–Kier alpha value is -2.45. The Morgan fingerprint density at radius 1 is 1.28 bits per heavy atom. The summed E-state index contributed by atoms with van der Waals surface area (Å²) >= 11 is 3.52. The third-order valence-corrected chi connectivity index (χ3v) is 7.28. The van der Waals surface area contributed by atoms with Gasteiger partial charge in [-0.2, -0.15) is 0 Å². The number of aryl methyl sites for hydroxylation is 1. The summed E-state index contributed by atoms with van der Waals surface area (Å²) in [5.74, 6) is -0.780. The van der Waals surface area contributed by atoms with E-state index in [9.17, 15) is 19.0 Å². The van der Waals surface area contributed by atoms with Gasteiger partial charge in [0.1, 0.15) is 6.61 Å². The molecule has 3 aromatic rings. The average molecular weight is 518 g/mol. The van der Waals surface area contributed by atoms with E-state index in [0.29, 0.717) is 17.9 Å². The molecule has 0 amide bonds. The Bertz CT molecular complexity index is 1400. The third kappa shape index (κ3) is 2.92. The lowest BCUT2D eigenvalue weighted by Gasteiger charge is -2.31. The number of esters is 1. The molecule has 1 N–H and O–H groups in total. The van der Waals surface area contributed by atoms with Gasteiger partial charge in [-0.3, -0.25) is 4.79 Å². The van der Waals surface area contributed by atoms with Gasteiger partial charge in [0.2, 0.25) is 5.60 Å². The maximum atomic E-state index is 13.5. The van der Waals surface area contributed by atoms with E-state index in [1.807, 2.05) is 18.2 Å². The molecular formula is C22H19BrN2O6P+. The number of hydrogen-bond acceptors (Lipinski definition) is 6. The second-order valence-corrected chi connectivity index (χ2v) is 9.41. The van der Waals surface area contributed by atoms with E-state index in [-0.39, 0.29) is 29.7 Å². The lowest BCUT2D eigenvalue weighted by Crippen LogP contribution is -2.45. The summed E-state index contributed by atoms with van der Waals surface area (Å²) in [6.07, 6.45) is 0.796. The molecule has 0 spiro atoms. The van der Waals surface area contributed by atoms with Gasteiger partial charge in [0, 0.05) is 25.6 Å².